The Hall–Kier alpha value is -1.38. The molecule has 3 aromatic rings. The molecule has 0 aliphatic rings. The summed E-state index contributed by atoms with van der Waals surface area (Å²) in [6.07, 6.45) is 0.736. The Bertz CT molecular complexity index is 639. The lowest BCUT2D eigenvalue weighted by atomic mass is 10.1. The quantitative estimate of drug-likeness (QED) is 0.710. The topological polar surface area (TPSA) is 20.2 Å². The average Bonchev–Trinajstić information content (AvgIpc) is 2.68. The first-order chi connectivity index (χ1) is 7.88. The summed E-state index contributed by atoms with van der Waals surface area (Å²) in [6.45, 7) is 0.216. The molecule has 1 N–H and O–H groups in total. The molecule has 2 aromatic carbocycles. The van der Waals surface area contributed by atoms with Crippen LogP contribution < -0.4 is 0 Å². The van der Waals surface area contributed by atoms with Gasteiger partial charge in [0.1, 0.15) is 0 Å². The minimum Gasteiger partial charge on any atom is -0.396 e. The van der Waals surface area contributed by atoms with Crippen molar-refractivity contribution >= 4 is 31.5 Å². The highest BCUT2D eigenvalue weighted by atomic mass is 32.1. The molecule has 0 saturated heterocycles. The van der Waals surface area contributed by atoms with Crippen LogP contribution in [0.4, 0.5) is 0 Å². The summed E-state index contributed by atoms with van der Waals surface area (Å²) in [5.74, 6) is 0. The Morgan fingerprint density at radius 1 is 0.938 bits per heavy atom. The first kappa shape index (κ1) is 9.82. The molecule has 0 amide bonds. The fraction of sp³-hybridized carbons (Fsp3) is 0.143. The maximum absolute atomic E-state index is 8.96. The third kappa shape index (κ3) is 1.51. The second kappa shape index (κ2) is 3.89. The summed E-state index contributed by atoms with van der Waals surface area (Å²) in [4.78, 5) is 0. The number of benzene rings is 2. The van der Waals surface area contributed by atoms with Crippen molar-refractivity contribution < 1.29 is 5.11 Å². The Labute approximate surface area is 98.0 Å². The molecule has 1 heterocycles. The molecule has 2 heteroatoms. The highest BCUT2D eigenvalue weighted by molar-refractivity contribution is 7.25. The van der Waals surface area contributed by atoms with Crippen LogP contribution in [0.2, 0.25) is 0 Å². The van der Waals surface area contributed by atoms with E-state index in [1.165, 1.54) is 25.7 Å². The van der Waals surface area contributed by atoms with Crippen molar-refractivity contribution in [2.75, 3.05) is 6.61 Å². The van der Waals surface area contributed by atoms with Gasteiger partial charge in [-0.25, -0.2) is 0 Å². The molecule has 0 aliphatic heterocycles. The number of aliphatic hydroxyl groups is 1. The normalized spacial score (nSPS) is 11.3. The van der Waals surface area contributed by atoms with Gasteiger partial charge in [-0.05, 0) is 30.2 Å². The lowest BCUT2D eigenvalue weighted by Gasteiger charge is -1.98. The number of rotatable bonds is 2. The Morgan fingerprint density at radius 3 is 2.62 bits per heavy atom. The van der Waals surface area contributed by atoms with Gasteiger partial charge in [0.05, 0.1) is 0 Å². The molecule has 0 spiro atoms. The van der Waals surface area contributed by atoms with E-state index in [1.807, 2.05) is 11.3 Å². The molecule has 0 fully saturated rings. The predicted molar refractivity (Wildman–Crippen MR) is 70.1 cm³/mol. The molecule has 0 saturated carbocycles. The Balaban J connectivity index is 2.31. The largest absolute Gasteiger partial charge is 0.396 e. The number of hydrogen-bond donors (Lipinski definition) is 1. The van der Waals surface area contributed by atoms with Crippen molar-refractivity contribution in [2.24, 2.45) is 0 Å². The van der Waals surface area contributed by atoms with Gasteiger partial charge in [-0.2, -0.15) is 0 Å². The first-order valence-electron chi connectivity index (χ1n) is 5.39. The van der Waals surface area contributed by atoms with E-state index >= 15 is 0 Å². The molecule has 16 heavy (non-hydrogen) atoms. The van der Waals surface area contributed by atoms with Crippen LogP contribution in [0.5, 0.6) is 0 Å². The molecule has 3 rings (SSSR count). The fourth-order valence-electron chi connectivity index (χ4n) is 2.06. The van der Waals surface area contributed by atoms with Crippen LogP contribution in [-0.4, -0.2) is 11.7 Å². The van der Waals surface area contributed by atoms with E-state index in [9.17, 15) is 0 Å². The van der Waals surface area contributed by atoms with Gasteiger partial charge in [0.15, 0.2) is 0 Å². The van der Waals surface area contributed by atoms with E-state index in [1.54, 1.807) is 0 Å². The van der Waals surface area contributed by atoms with Gasteiger partial charge in [0.2, 0.25) is 0 Å². The van der Waals surface area contributed by atoms with Crippen molar-refractivity contribution in [1.82, 2.24) is 0 Å². The van der Waals surface area contributed by atoms with Crippen LogP contribution in [0, 0.1) is 0 Å². The van der Waals surface area contributed by atoms with Gasteiger partial charge in [-0.15, -0.1) is 11.3 Å². The molecule has 0 bridgehead atoms. The number of aliphatic hydroxyl groups excluding tert-OH is 1. The van der Waals surface area contributed by atoms with E-state index in [-0.39, 0.29) is 6.61 Å². The fourth-order valence-corrected chi connectivity index (χ4v) is 3.14. The van der Waals surface area contributed by atoms with Gasteiger partial charge in [0.25, 0.3) is 0 Å². The maximum Gasteiger partial charge on any atom is 0.0471 e. The molecule has 1 aromatic heterocycles. The third-order valence-corrected chi connectivity index (χ3v) is 3.99. The summed E-state index contributed by atoms with van der Waals surface area (Å²) in [6, 6.07) is 14.9. The van der Waals surface area contributed by atoms with Crippen LogP contribution in [0.25, 0.3) is 20.2 Å². The summed E-state index contributed by atoms with van der Waals surface area (Å²) in [7, 11) is 0. The maximum atomic E-state index is 8.96. The van der Waals surface area contributed by atoms with Crippen LogP contribution >= 0.6 is 11.3 Å². The van der Waals surface area contributed by atoms with Crippen molar-refractivity contribution in [3.63, 3.8) is 0 Å². The Morgan fingerprint density at radius 2 is 1.75 bits per heavy atom. The third-order valence-electron chi connectivity index (χ3n) is 2.84. The van der Waals surface area contributed by atoms with Crippen molar-refractivity contribution in [2.45, 2.75) is 6.42 Å². The van der Waals surface area contributed by atoms with Crippen LogP contribution in [0.3, 0.4) is 0 Å². The lowest BCUT2D eigenvalue weighted by molar-refractivity contribution is 0.299. The molecular formula is C14H12OS. The highest BCUT2D eigenvalue weighted by Gasteiger charge is 2.04. The van der Waals surface area contributed by atoms with Crippen molar-refractivity contribution in [1.29, 1.82) is 0 Å². The molecule has 0 atom stereocenters. The molecule has 0 radical (unpaired) electrons. The molecular weight excluding hydrogens is 216 g/mol. The second-order valence-electron chi connectivity index (χ2n) is 3.90. The van der Waals surface area contributed by atoms with Gasteiger partial charge in [0, 0.05) is 26.8 Å². The first-order valence-corrected chi connectivity index (χ1v) is 6.21. The second-order valence-corrected chi connectivity index (χ2v) is 4.99. The minimum atomic E-state index is 0.216. The monoisotopic (exact) mass is 228 g/mol. The summed E-state index contributed by atoms with van der Waals surface area (Å²) in [5.41, 5.74) is 1.21. The Kier molecular flexibility index (Phi) is 2.39. The summed E-state index contributed by atoms with van der Waals surface area (Å²) < 4.78 is 2.65. The minimum absolute atomic E-state index is 0.216. The standard InChI is InChI=1S/C14H12OS/c15-8-7-10-5-6-14-12(9-10)11-3-1-2-4-13(11)16-14/h1-6,9,15H,7-8H2. The highest BCUT2D eigenvalue weighted by Crippen LogP contribution is 2.33. The van der Waals surface area contributed by atoms with E-state index < -0.39 is 0 Å². The van der Waals surface area contributed by atoms with E-state index in [0.29, 0.717) is 0 Å². The smallest absolute Gasteiger partial charge is 0.0471 e. The zero-order chi connectivity index (χ0) is 11.0. The van der Waals surface area contributed by atoms with Crippen LogP contribution in [0.15, 0.2) is 42.5 Å². The molecule has 0 aliphatic carbocycles. The van der Waals surface area contributed by atoms with Gasteiger partial charge in [-0.1, -0.05) is 24.3 Å². The van der Waals surface area contributed by atoms with Crippen LogP contribution in [0.1, 0.15) is 5.56 Å². The van der Waals surface area contributed by atoms with E-state index in [0.717, 1.165) is 6.42 Å². The zero-order valence-corrected chi connectivity index (χ0v) is 9.63. The molecule has 0 unspecified atom stereocenters. The lowest BCUT2D eigenvalue weighted by Crippen LogP contribution is -1.88. The molecule has 1 nitrogen and oxygen atoms in total. The van der Waals surface area contributed by atoms with E-state index in [4.69, 9.17) is 5.11 Å². The van der Waals surface area contributed by atoms with Crippen molar-refractivity contribution in [3.8, 4) is 0 Å². The van der Waals surface area contributed by atoms with E-state index in [2.05, 4.69) is 42.5 Å². The SMILES string of the molecule is OCCc1ccc2sc3ccccc3c2c1. The van der Waals surface area contributed by atoms with Crippen LogP contribution in [-0.2, 0) is 6.42 Å². The van der Waals surface area contributed by atoms with Crippen molar-refractivity contribution in [3.05, 3.63) is 48.0 Å². The van der Waals surface area contributed by atoms with Gasteiger partial charge in [-0.3, -0.25) is 0 Å². The van der Waals surface area contributed by atoms with Gasteiger partial charge < -0.3 is 5.11 Å². The number of fused-ring (bicyclic) bond motifs is 3. The predicted octanol–water partition coefficient (Wildman–Crippen LogP) is 3.59. The summed E-state index contributed by atoms with van der Waals surface area (Å²) >= 11 is 1.83. The number of thiophene rings is 1. The number of hydrogen-bond acceptors (Lipinski definition) is 2. The summed E-state index contributed by atoms with van der Waals surface area (Å²) in [5, 5.41) is 11.6. The van der Waals surface area contributed by atoms with Gasteiger partial charge >= 0.3 is 0 Å². The zero-order valence-electron chi connectivity index (χ0n) is 8.81. The average molecular weight is 228 g/mol. The molecule has 80 valence electrons.